The molecule has 0 aliphatic heterocycles. The van der Waals surface area contributed by atoms with Crippen LogP contribution < -0.4 is 5.32 Å². The van der Waals surface area contributed by atoms with Gasteiger partial charge in [-0.3, -0.25) is 0 Å². The van der Waals surface area contributed by atoms with Gasteiger partial charge in [0.15, 0.2) is 0 Å². The molecule has 5 aromatic carbocycles. The Kier molecular flexibility index (Phi) is 3.82. The summed E-state index contributed by atoms with van der Waals surface area (Å²) in [6, 6.07) is 38.6. The third kappa shape index (κ3) is 2.82. The summed E-state index contributed by atoms with van der Waals surface area (Å²) in [7, 11) is 0. The van der Waals surface area contributed by atoms with Crippen LogP contribution in [-0.2, 0) is 0 Å². The molecule has 0 bridgehead atoms. The van der Waals surface area contributed by atoms with Gasteiger partial charge in [-0.05, 0) is 52.9 Å². The molecular weight excluding hydrogens is 364 g/mol. The van der Waals surface area contributed by atoms with Gasteiger partial charge in [0.25, 0.3) is 0 Å². The molecular formula is C28H20N2. The van der Waals surface area contributed by atoms with Gasteiger partial charge < -0.3 is 10.3 Å². The van der Waals surface area contributed by atoms with E-state index in [1.807, 2.05) is 0 Å². The van der Waals surface area contributed by atoms with Crippen molar-refractivity contribution in [2.24, 2.45) is 0 Å². The van der Waals surface area contributed by atoms with E-state index in [-0.39, 0.29) is 0 Å². The molecule has 0 amide bonds. The number of aromatic amines is 1. The van der Waals surface area contributed by atoms with Gasteiger partial charge in [-0.1, -0.05) is 72.8 Å². The summed E-state index contributed by atoms with van der Waals surface area (Å²) < 4.78 is 0. The molecule has 0 aliphatic carbocycles. The molecule has 6 rings (SSSR count). The maximum absolute atomic E-state index is 3.57. The Morgan fingerprint density at radius 2 is 1.20 bits per heavy atom. The van der Waals surface area contributed by atoms with Crippen molar-refractivity contribution in [2.45, 2.75) is 0 Å². The Bertz CT molecular complexity index is 1500. The standard InChI is InChI=1S/C28H20N2/c1-2-8-23-20(6-1)7-5-11-26(23)29-22-15-12-19(13-16-22)21-14-17-28-25(18-21)24-9-3-4-10-27(24)30-28/h1-18,29-30H. The van der Waals surface area contributed by atoms with Crippen molar-refractivity contribution < 1.29 is 0 Å². The van der Waals surface area contributed by atoms with Gasteiger partial charge in [-0.2, -0.15) is 0 Å². The van der Waals surface area contributed by atoms with Crippen LogP contribution in [0.4, 0.5) is 11.4 Å². The Balaban J connectivity index is 1.35. The minimum absolute atomic E-state index is 1.09. The van der Waals surface area contributed by atoms with Gasteiger partial charge in [-0.25, -0.2) is 0 Å². The summed E-state index contributed by atoms with van der Waals surface area (Å²) in [4.78, 5) is 3.50. The molecule has 0 saturated heterocycles. The number of anilines is 2. The molecule has 2 heteroatoms. The predicted octanol–water partition coefficient (Wildman–Crippen LogP) is 7.88. The van der Waals surface area contributed by atoms with Crippen molar-refractivity contribution in [1.82, 2.24) is 4.98 Å². The zero-order valence-electron chi connectivity index (χ0n) is 16.4. The Hall–Kier alpha value is -4.04. The van der Waals surface area contributed by atoms with E-state index in [2.05, 4.69) is 119 Å². The average molecular weight is 384 g/mol. The summed E-state index contributed by atoms with van der Waals surface area (Å²) in [6.45, 7) is 0. The molecule has 0 atom stereocenters. The van der Waals surface area contributed by atoms with Crippen LogP contribution in [0.2, 0.25) is 0 Å². The second-order valence-corrected chi connectivity index (χ2v) is 7.66. The van der Waals surface area contributed by atoms with Gasteiger partial charge in [0.1, 0.15) is 0 Å². The lowest BCUT2D eigenvalue weighted by Gasteiger charge is -2.11. The third-order valence-corrected chi connectivity index (χ3v) is 5.79. The Morgan fingerprint density at radius 3 is 2.10 bits per heavy atom. The number of H-pyrrole nitrogens is 1. The Morgan fingerprint density at radius 1 is 0.500 bits per heavy atom. The molecule has 0 unspecified atom stereocenters. The maximum Gasteiger partial charge on any atom is 0.0465 e. The highest BCUT2D eigenvalue weighted by atomic mass is 14.9. The highest BCUT2D eigenvalue weighted by Gasteiger charge is 2.06. The summed E-state index contributed by atoms with van der Waals surface area (Å²) >= 11 is 0. The van der Waals surface area contributed by atoms with E-state index in [9.17, 15) is 0 Å². The molecule has 6 aromatic rings. The van der Waals surface area contributed by atoms with Gasteiger partial charge in [0.05, 0.1) is 0 Å². The van der Waals surface area contributed by atoms with Crippen molar-refractivity contribution in [1.29, 1.82) is 0 Å². The molecule has 0 spiro atoms. The summed E-state index contributed by atoms with van der Waals surface area (Å²) in [5.41, 5.74) is 7.01. The quantitative estimate of drug-likeness (QED) is 0.319. The van der Waals surface area contributed by atoms with Crippen molar-refractivity contribution in [2.75, 3.05) is 5.32 Å². The van der Waals surface area contributed by atoms with Crippen LogP contribution >= 0.6 is 0 Å². The largest absolute Gasteiger partial charge is 0.355 e. The van der Waals surface area contributed by atoms with E-state index in [0.717, 1.165) is 11.4 Å². The number of rotatable bonds is 3. The molecule has 30 heavy (non-hydrogen) atoms. The molecule has 1 heterocycles. The number of benzene rings is 5. The summed E-state index contributed by atoms with van der Waals surface area (Å²) in [5.74, 6) is 0. The molecule has 142 valence electrons. The lowest BCUT2D eigenvalue weighted by Crippen LogP contribution is -1.91. The van der Waals surface area contributed by atoms with Crippen molar-refractivity contribution in [3.63, 3.8) is 0 Å². The predicted molar refractivity (Wildman–Crippen MR) is 128 cm³/mol. The minimum Gasteiger partial charge on any atom is -0.355 e. The van der Waals surface area contributed by atoms with Crippen LogP contribution in [0.15, 0.2) is 109 Å². The number of fused-ring (bicyclic) bond motifs is 4. The highest BCUT2D eigenvalue weighted by Crippen LogP contribution is 2.31. The fourth-order valence-corrected chi connectivity index (χ4v) is 4.26. The monoisotopic (exact) mass is 384 g/mol. The van der Waals surface area contributed by atoms with Gasteiger partial charge >= 0.3 is 0 Å². The fourth-order valence-electron chi connectivity index (χ4n) is 4.26. The zero-order chi connectivity index (χ0) is 19.9. The van der Waals surface area contributed by atoms with Gasteiger partial charge in [0, 0.05) is 38.6 Å². The van der Waals surface area contributed by atoms with Crippen molar-refractivity contribution in [3.05, 3.63) is 109 Å². The number of para-hydroxylation sites is 1. The van der Waals surface area contributed by atoms with E-state index in [1.165, 1.54) is 43.7 Å². The minimum atomic E-state index is 1.09. The molecule has 1 aromatic heterocycles. The number of hydrogen-bond acceptors (Lipinski definition) is 1. The van der Waals surface area contributed by atoms with Crippen LogP contribution in [0.5, 0.6) is 0 Å². The Labute approximate surface area is 174 Å². The van der Waals surface area contributed by atoms with Crippen molar-refractivity contribution >= 4 is 44.0 Å². The number of nitrogens with one attached hydrogen (secondary N) is 2. The average Bonchev–Trinajstić information content (AvgIpc) is 3.18. The van der Waals surface area contributed by atoms with Gasteiger partial charge in [0.2, 0.25) is 0 Å². The van der Waals surface area contributed by atoms with Crippen LogP contribution in [0.1, 0.15) is 0 Å². The molecule has 0 saturated carbocycles. The van der Waals surface area contributed by atoms with Crippen LogP contribution in [0.3, 0.4) is 0 Å². The second-order valence-electron chi connectivity index (χ2n) is 7.66. The zero-order valence-corrected chi connectivity index (χ0v) is 16.4. The van der Waals surface area contributed by atoms with Crippen molar-refractivity contribution in [3.8, 4) is 11.1 Å². The molecule has 2 nitrogen and oxygen atoms in total. The SMILES string of the molecule is c1ccc2c(Nc3ccc(-c4ccc5[nH]c6ccccc6c5c4)cc3)cccc2c1. The van der Waals surface area contributed by atoms with E-state index in [0.29, 0.717) is 0 Å². The summed E-state index contributed by atoms with van der Waals surface area (Å²) in [5, 5.41) is 8.57. The van der Waals surface area contributed by atoms with E-state index in [4.69, 9.17) is 0 Å². The molecule has 0 aliphatic rings. The lowest BCUT2D eigenvalue weighted by atomic mass is 10.0. The molecule has 0 fully saturated rings. The third-order valence-electron chi connectivity index (χ3n) is 5.79. The first-order valence-electron chi connectivity index (χ1n) is 10.2. The number of aromatic nitrogens is 1. The van der Waals surface area contributed by atoms with Crippen LogP contribution in [0.25, 0.3) is 43.7 Å². The first-order valence-corrected chi connectivity index (χ1v) is 10.2. The van der Waals surface area contributed by atoms with E-state index >= 15 is 0 Å². The van der Waals surface area contributed by atoms with E-state index in [1.54, 1.807) is 0 Å². The first kappa shape index (κ1) is 16.9. The fraction of sp³-hybridized carbons (Fsp3) is 0. The maximum atomic E-state index is 3.57. The molecule has 0 radical (unpaired) electrons. The second kappa shape index (κ2) is 6.78. The highest BCUT2D eigenvalue weighted by molar-refractivity contribution is 6.08. The topological polar surface area (TPSA) is 27.8 Å². The van der Waals surface area contributed by atoms with Gasteiger partial charge in [-0.15, -0.1) is 0 Å². The van der Waals surface area contributed by atoms with Crippen LogP contribution in [-0.4, -0.2) is 4.98 Å². The van der Waals surface area contributed by atoms with E-state index < -0.39 is 0 Å². The summed E-state index contributed by atoms with van der Waals surface area (Å²) in [6.07, 6.45) is 0. The molecule has 2 N–H and O–H groups in total. The first-order chi connectivity index (χ1) is 14.8. The lowest BCUT2D eigenvalue weighted by molar-refractivity contribution is 1.54. The smallest absolute Gasteiger partial charge is 0.0465 e. The van der Waals surface area contributed by atoms with Crippen LogP contribution in [0, 0.1) is 0 Å². The number of hydrogen-bond donors (Lipinski definition) is 2. The normalized spacial score (nSPS) is 11.3.